The first-order valence-corrected chi connectivity index (χ1v) is 7.65. The number of carbonyl (C=O) groups excluding carboxylic acids is 1. The zero-order valence-electron chi connectivity index (χ0n) is 11.2. The topological polar surface area (TPSA) is 42.0 Å². The van der Waals surface area contributed by atoms with Gasteiger partial charge in [0.15, 0.2) is 0 Å². The SMILES string of the molecule is O=C(N[C@@H]1C[C@H]1C1CCCCC1)c1c(F)ccnc1Cl. The van der Waals surface area contributed by atoms with Crippen LogP contribution in [0.3, 0.4) is 0 Å². The molecule has 2 atom stereocenters. The smallest absolute Gasteiger partial charge is 0.257 e. The summed E-state index contributed by atoms with van der Waals surface area (Å²) in [5.41, 5.74) is -0.136. The van der Waals surface area contributed by atoms with E-state index in [2.05, 4.69) is 10.3 Å². The van der Waals surface area contributed by atoms with Crippen LogP contribution in [0, 0.1) is 17.7 Å². The summed E-state index contributed by atoms with van der Waals surface area (Å²) in [6, 6.07) is 1.34. The van der Waals surface area contributed by atoms with Crippen LogP contribution in [0.1, 0.15) is 48.9 Å². The molecule has 0 saturated heterocycles. The Morgan fingerprint density at radius 2 is 2.10 bits per heavy atom. The lowest BCUT2D eigenvalue weighted by Crippen LogP contribution is -2.29. The van der Waals surface area contributed by atoms with E-state index in [0.717, 1.165) is 18.4 Å². The van der Waals surface area contributed by atoms with Crippen molar-refractivity contribution in [3.63, 3.8) is 0 Å². The van der Waals surface area contributed by atoms with Crippen molar-refractivity contribution < 1.29 is 9.18 Å². The highest BCUT2D eigenvalue weighted by Crippen LogP contribution is 2.44. The van der Waals surface area contributed by atoms with Crippen LogP contribution in [-0.4, -0.2) is 16.9 Å². The van der Waals surface area contributed by atoms with E-state index in [9.17, 15) is 9.18 Å². The minimum absolute atomic E-state index is 0.0719. The van der Waals surface area contributed by atoms with E-state index in [1.165, 1.54) is 38.3 Å². The molecule has 1 N–H and O–H groups in total. The lowest BCUT2D eigenvalue weighted by molar-refractivity contribution is 0.0942. The molecule has 0 radical (unpaired) electrons. The highest BCUT2D eigenvalue weighted by Gasteiger charge is 2.44. The lowest BCUT2D eigenvalue weighted by atomic mass is 9.85. The van der Waals surface area contributed by atoms with Crippen molar-refractivity contribution in [2.24, 2.45) is 11.8 Å². The molecule has 0 bridgehead atoms. The zero-order chi connectivity index (χ0) is 14.1. The lowest BCUT2D eigenvalue weighted by Gasteiger charge is -2.21. The molecule has 108 valence electrons. The molecule has 2 saturated carbocycles. The van der Waals surface area contributed by atoms with Gasteiger partial charge in [-0.05, 0) is 24.3 Å². The molecule has 1 amide bonds. The van der Waals surface area contributed by atoms with Crippen LogP contribution in [0.25, 0.3) is 0 Å². The molecule has 1 aromatic rings. The molecule has 2 aliphatic rings. The van der Waals surface area contributed by atoms with Crippen molar-refractivity contribution in [3.05, 3.63) is 28.8 Å². The first kappa shape index (κ1) is 13.8. The molecule has 2 aliphatic carbocycles. The average molecular weight is 297 g/mol. The Morgan fingerprint density at radius 3 is 2.80 bits per heavy atom. The zero-order valence-corrected chi connectivity index (χ0v) is 12.0. The van der Waals surface area contributed by atoms with Crippen LogP contribution >= 0.6 is 11.6 Å². The summed E-state index contributed by atoms with van der Waals surface area (Å²) in [6.07, 6.45) is 8.72. The molecule has 1 aromatic heterocycles. The molecular weight excluding hydrogens is 279 g/mol. The van der Waals surface area contributed by atoms with Crippen molar-refractivity contribution >= 4 is 17.5 Å². The van der Waals surface area contributed by atoms with Crippen LogP contribution in [-0.2, 0) is 0 Å². The fraction of sp³-hybridized carbons (Fsp3) is 0.600. The number of rotatable bonds is 3. The molecule has 1 heterocycles. The minimum Gasteiger partial charge on any atom is -0.349 e. The first-order chi connectivity index (χ1) is 9.66. The number of pyridine rings is 1. The van der Waals surface area contributed by atoms with Gasteiger partial charge in [0.05, 0.1) is 0 Å². The van der Waals surface area contributed by atoms with Gasteiger partial charge in [-0.2, -0.15) is 0 Å². The number of nitrogens with one attached hydrogen (secondary N) is 1. The van der Waals surface area contributed by atoms with Crippen molar-refractivity contribution in [2.75, 3.05) is 0 Å². The predicted molar refractivity (Wildman–Crippen MR) is 75.1 cm³/mol. The molecule has 20 heavy (non-hydrogen) atoms. The number of amides is 1. The number of aromatic nitrogens is 1. The Bertz CT molecular complexity index is 496. The van der Waals surface area contributed by atoms with Gasteiger partial charge < -0.3 is 5.32 Å². The van der Waals surface area contributed by atoms with E-state index >= 15 is 0 Å². The van der Waals surface area contributed by atoms with Gasteiger partial charge in [0.2, 0.25) is 0 Å². The quantitative estimate of drug-likeness (QED) is 0.866. The maximum Gasteiger partial charge on any atom is 0.257 e. The number of hydrogen-bond acceptors (Lipinski definition) is 2. The molecular formula is C15H18ClFN2O. The molecule has 3 rings (SSSR count). The normalized spacial score (nSPS) is 26.3. The molecule has 2 fully saturated rings. The van der Waals surface area contributed by atoms with E-state index in [-0.39, 0.29) is 16.8 Å². The standard InChI is InChI=1S/C15H18ClFN2O/c16-14-13(11(17)6-7-18-14)15(20)19-12-8-10(12)9-4-2-1-3-5-9/h6-7,9-10,12H,1-5,8H2,(H,19,20)/t10-,12+/m0/s1. The number of carbonyl (C=O) groups is 1. The van der Waals surface area contributed by atoms with Gasteiger partial charge in [-0.25, -0.2) is 9.37 Å². The maximum atomic E-state index is 13.6. The van der Waals surface area contributed by atoms with Gasteiger partial charge >= 0.3 is 0 Å². The van der Waals surface area contributed by atoms with Gasteiger partial charge in [0.1, 0.15) is 16.5 Å². The second kappa shape index (κ2) is 5.68. The van der Waals surface area contributed by atoms with Crippen LogP contribution in [0.5, 0.6) is 0 Å². The largest absolute Gasteiger partial charge is 0.349 e. The molecule has 0 aliphatic heterocycles. The highest BCUT2D eigenvalue weighted by molar-refractivity contribution is 6.32. The molecule has 0 aromatic carbocycles. The summed E-state index contributed by atoms with van der Waals surface area (Å²) in [5.74, 6) is 0.238. The van der Waals surface area contributed by atoms with E-state index < -0.39 is 11.7 Å². The van der Waals surface area contributed by atoms with Crippen LogP contribution in [0.15, 0.2) is 12.3 Å². The molecule has 3 nitrogen and oxygen atoms in total. The monoisotopic (exact) mass is 296 g/mol. The number of hydrogen-bond donors (Lipinski definition) is 1. The van der Waals surface area contributed by atoms with Crippen LogP contribution < -0.4 is 5.32 Å². The maximum absolute atomic E-state index is 13.6. The van der Waals surface area contributed by atoms with Crippen molar-refractivity contribution in [1.29, 1.82) is 0 Å². The molecule has 5 heteroatoms. The Labute approximate surface area is 122 Å². The third-order valence-electron chi connectivity index (χ3n) is 4.49. The van der Waals surface area contributed by atoms with Gasteiger partial charge in [-0.1, -0.05) is 43.7 Å². The van der Waals surface area contributed by atoms with Gasteiger partial charge in [0.25, 0.3) is 5.91 Å². The number of nitrogens with zero attached hydrogens (tertiary/aromatic N) is 1. The summed E-state index contributed by atoms with van der Waals surface area (Å²) in [5, 5.41) is 2.82. The van der Waals surface area contributed by atoms with E-state index in [1.54, 1.807) is 0 Å². The summed E-state index contributed by atoms with van der Waals surface area (Å²) >= 11 is 5.80. The third-order valence-corrected chi connectivity index (χ3v) is 4.78. The van der Waals surface area contributed by atoms with E-state index in [0.29, 0.717) is 5.92 Å². The summed E-state index contributed by atoms with van der Waals surface area (Å²) in [4.78, 5) is 15.9. The highest BCUT2D eigenvalue weighted by atomic mass is 35.5. The van der Waals surface area contributed by atoms with Crippen molar-refractivity contribution in [2.45, 2.75) is 44.6 Å². The Kier molecular flexibility index (Phi) is 3.92. The third kappa shape index (κ3) is 2.80. The molecule has 0 spiro atoms. The minimum atomic E-state index is -0.614. The van der Waals surface area contributed by atoms with Gasteiger partial charge in [-0.15, -0.1) is 0 Å². The Hall–Kier alpha value is -1.16. The van der Waals surface area contributed by atoms with Crippen LogP contribution in [0.4, 0.5) is 4.39 Å². The van der Waals surface area contributed by atoms with Gasteiger partial charge in [-0.3, -0.25) is 4.79 Å². The second-order valence-electron chi connectivity index (χ2n) is 5.84. The summed E-state index contributed by atoms with van der Waals surface area (Å²) in [6.45, 7) is 0. The van der Waals surface area contributed by atoms with E-state index in [4.69, 9.17) is 11.6 Å². The number of halogens is 2. The molecule has 0 unspecified atom stereocenters. The van der Waals surface area contributed by atoms with E-state index in [1.807, 2.05) is 0 Å². The Morgan fingerprint density at radius 1 is 1.35 bits per heavy atom. The fourth-order valence-electron chi connectivity index (χ4n) is 3.32. The first-order valence-electron chi connectivity index (χ1n) is 7.27. The summed E-state index contributed by atoms with van der Waals surface area (Å²) in [7, 11) is 0. The van der Waals surface area contributed by atoms with Crippen molar-refractivity contribution in [1.82, 2.24) is 10.3 Å². The average Bonchev–Trinajstić information content (AvgIpc) is 3.19. The predicted octanol–water partition coefficient (Wildman–Crippen LogP) is 3.57. The Balaban J connectivity index is 1.60. The summed E-state index contributed by atoms with van der Waals surface area (Å²) < 4.78 is 13.6. The van der Waals surface area contributed by atoms with Crippen molar-refractivity contribution in [3.8, 4) is 0 Å². The fourth-order valence-corrected chi connectivity index (χ4v) is 3.55. The second-order valence-corrected chi connectivity index (χ2v) is 6.19. The van der Waals surface area contributed by atoms with Crippen LogP contribution in [0.2, 0.25) is 5.15 Å². The van der Waals surface area contributed by atoms with Gasteiger partial charge in [0, 0.05) is 12.2 Å².